The maximum Gasteiger partial charge on any atom is 0.256 e. The Morgan fingerprint density at radius 3 is 2.36 bits per heavy atom. The molecule has 0 radical (unpaired) electrons. The van der Waals surface area contributed by atoms with Gasteiger partial charge in [0.05, 0.1) is 30.8 Å². The quantitative estimate of drug-likeness (QED) is 0.269. The van der Waals surface area contributed by atoms with Crippen LogP contribution in [0.5, 0.6) is 11.5 Å². The highest BCUT2D eigenvalue weighted by Gasteiger charge is 2.44. The minimum atomic E-state index is -0.735. The van der Waals surface area contributed by atoms with Crippen molar-refractivity contribution in [2.24, 2.45) is 0 Å². The predicted molar refractivity (Wildman–Crippen MR) is 179 cm³/mol. The molecule has 0 unspecified atom stereocenters. The first kappa shape index (κ1) is 31.6. The standard InChI is InChI=1S/C33H38ClN5O4S/c1-3-43-27-13-10-24(11-14-27)35-31(40)23-29-32(41)39(26-12-15-30(42-2)28(34)22-26)33(44)38(29)17-7-16-36-18-20-37(21-19-36)25-8-5-4-6-9-25/h4-6,8-15,22,29H,3,7,16-21,23H2,1-2H3,(H,35,40)/t29-/m0/s1. The lowest BCUT2D eigenvalue weighted by Crippen LogP contribution is -2.47. The third kappa shape index (κ3) is 7.43. The number of ether oxygens (including phenoxy) is 2. The molecule has 0 saturated carbocycles. The summed E-state index contributed by atoms with van der Waals surface area (Å²) in [5.74, 6) is 0.702. The van der Waals surface area contributed by atoms with Gasteiger partial charge >= 0.3 is 0 Å². The largest absolute Gasteiger partial charge is 0.495 e. The number of carbonyl (C=O) groups is 2. The Kier molecular flexibility index (Phi) is 10.6. The fourth-order valence-electron chi connectivity index (χ4n) is 5.64. The summed E-state index contributed by atoms with van der Waals surface area (Å²) < 4.78 is 10.8. The maximum atomic E-state index is 13.8. The zero-order chi connectivity index (χ0) is 31.1. The van der Waals surface area contributed by atoms with Gasteiger partial charge in [0.25, 0.3) is 5.91 Å². The monoisotopic (exact) mass is 635 g/mol. The number of halogens is 1. The van der Waals surface area contributed by atoms with E-state index in [9.17, 15) is 9.59 Å². The summed E-state index contributed by atoms with van der Waals surface area (Å²) in [5, 5.41) is 3.65. The molecule has 9 nitrogen and oxygen atoms in total. The normalized spacial score (nSPS) is 17.2. The fraction of sp³-hybridized carbons (Fsp3) is 0.364. The molecule has 0 aliphatic carbocycles. The number of piperazine rings is 1. The maximum absolute atomic E-state index is 13.8. The van der Waals surface area contributed by atoms with Crippen molar-refractivity contribution in [2.45, 2.75) is 25.8 Å². The number of carbonyl (C=O) groups excluding carboxylic acids is 2. The van der Waals surface area contributed by atoms with Crippen molar-refractivity contribution in [1.29, 1.82) is 0 Å². The van der Waals surface area contributed by atoms with E-state index in [1.165, 1.54) is 17.7 Å². The van der Waals surface area contributed by atoms with E-state index in [0.29, 0.717) is 40.4 Å². The number of amides is 2. The van der Waals surface area contributed by atoms with Crippen LogP contribution in [0.25, 0.3) is 0 Å². The number of hydrogen-bond donors (Lipinski definition) is 1. The summed E-state index contributed by atoms with van der Waals surface area (Å²) in [6.07, 6.45) is 0.759. The van der Waals surface area contributed by atoms with Crippen LogP contribution in [-0.2, 0) is 9.59 Å². The van der Waals surface area contributed by atoms with Gasteiger partial charge in [-0.15, -0.1) is 0 Å². The van der Waals surface area contributed by atoms with Crippen molar-refractivity contribution in [1.82, 2.24) is 9.80 Å². The van der Waals surface area contributed by atoms with Crippen LogP contribution < -0.4 is 24.6 Å². The molecule has 2 saturated heterocycles. The van der Waals surface area contributed by atoms with Crippen LogP contribution in [0.2, 0.25) is 5.02 Å². The summed E-state index contributed by atoms with van der Waals surface area (Å²) in [4.78, 5) is 35.2. The second-order valence-corrected chi connectivity index (χ2v) is 11.5. The first-order chi connectivity index (χ1) is 21.4. The molecule has 11 heteroatoms. The summed E-state index contributed by atoms with van der Waals surface area (Å²) in [7, 11) is 1.54. The van der Waals surface area contributed by atoms with Crippen LogP contribution >= 0.6 is 23.8 Å². The summed E-state index contributed by atoms with van der Waals surface area (Å²) >= 11 is 12.3. The number of rotatable bonds is 12. The van der Waals surface area contributed by atoms with Gasteiger partial charge < -0.3 is 24.6 Å². The third-order valence-corrected chi connectivity index (χ3v) is 8.62. The van der Waals surface area contributed by atoms with Crippen LogP contribution in [0.1, 0.15) is 19.8 Å². The van der Waals surface area contributed by atoms with Crippen LogP contribution in [0.4, 0.5) is 17.1 Å². The highest BCUT2D eigenvalue weighted by atomic mass is 35.5. The second-order valence-electron chi connectivity index (χ2n) is 10.7. The molecule has 2 aliphatic rings. The Morgan fingerprint density at radius 1 is 0.977 bits per heavy atom. The van der Waals surface area contributed by atoms with Gasteiger partial charge in [-0.05, 0) is 86.7 Å². The van der Waals surface area contributed by atoms with E-state index in [1.807, 2.05) is 17.9 Å². The minimum Gasteiger partial charge on any atom is -0.495 e. The lowest BCUT2D eigenvalue weighted by Gasteiger charge is -2.36. The van der Waals surface area contributed by atoms with Gasteiger partial charge in [-0.1, -0.05) is 29.8 Å². The SMILES string of the molecule is CCOc1ccc(NC(=O)C[C@H]2C(=O)N(c3ccc(OC)c(Cl)c3)C(=S)N2CCCN2CCN(c3ccccc3)CC2)cc1. The molecule has 3 aromatic rings. The van der Waals surface area contributed by atoms with E-state index in [4.69, 9.17) is 33.3 Å². The highest BCUT2D eigenvalue weighted by molar-refractivity contribution is 7.80. The first-order valence-corrected chi connectivity index (χ1v) is 15.7. The Balaban J connectivity index is 1.25. The van der Waals surface area contributed by atoms with Crippen molar-refractivity contribution in [2.75, 3.05) is 68.1 Å². The Morgan fingerprint density at radius 2 is 1.70 bits per heavy atom. The van der Waals surface area contributed by atoms with Crippen molar-refractivity contribution in [3.63, 3.8) is 0 Å². The molecule has 2 fully saturated rings. The van der Waals surface area contributed by atoms with E-state index in [1.54, 1.807) is 42.5 Å². The molecule has 5 rings (SSSR count). The molecule has 0 spiro atoms. The number of anilines is 3. The van der Waals surface area contributed by atoms with Crippen molar-refractivity contribution in [3.8, 4) is 11.5 Å². The van der Waals surface area contributed by atoms with E-state index >= 15 is 0 Å². The minimum absolute atomic E-state index is 0.0394. The Bertz CT molecular complexity index is 1450. The molecular formula is C33H38ClN5O4S. The molecular weight excluding hydrogens is 598 g/mol. The first-order valence-electron chi connectivity index (χ1n) is 14.9. The predicted octanol–water partition coefficient (Wildman–Crippen LogP) is 5.29. The van der Waals surface area contributed by atoms with Crippen LogP contribution in [0.3, 0.4) is 0 Å². The topological polar surface area (TPSA) is 77.6 Å². The molecule has 3 aromatic carbocycles. The van der Waals surface area contributed by atoms with Gasteiger partial charge in [-0.2, -0.15) is 0 Å². The van der Waals surface area contributed by atoms with Crippen LogP contribution in [0.15, 0.2) is 72.8 Å². The lowest BCUT2D eigenvalue weighted by atomic mass is 10.1. The van der Waals surface area contributed by atoms with Crippen molar-refractivity contribution in [3.05, 3.63) is 77.8 Å². The fourth-order valence-corrected chi connectivity index (χ4v) is 6.31. The van der Waals surface area contributed by atoms with E-state index in [-0.39, 0.29) is 18.2 Å². The average Bonchev–Trinajstić information content (AvgIpc) is 3.26. The van der Waals surface area contributed by atoms with Gasteiger partial charge in [0, 0.05) is 44.1 Å². The van der Waals surface area contributed by atoms with Gasteiger partial charge in [0.15, 0.2) is 5.11 Å². The molecule has 2 heterocycles. The summed E-state index contributed by atoms with van der Waals surface area (Å²) in [6.45, 7) is 7.74. The number of para-hydroxylation sites is 1. The number of hydrogen-bond acceptors (Lipinski definition) is 7. The molecule has 2 aliphatic heterocycles. The number of nitrogens with one attached hydrogen (secondary N) is 1. The number of benzene rings is 3. The highest BCUT2D eigenvalue weighted by Crippen LogP contribution is 2.33. The lowest BCUT2D eigenvalue weighted by molar-refractivity contribution is -0.124. The zero-order valence-corrected chi connectivity index (χ0v) is 26.7. The van der Waals surface area contributed by atoms with E-state index < -0.39 is 6.04 Å². The average molecular weight is 636 g/mol. The number of methoxy groups -OCH3 is 1. The molecule has 0 aromatic heterocycles. The van der Waals surface area contributed by atoms with E-state index in [0.717, 1.165) is 44.9 Å². The Hall–Kier alpha value is -3.86. The van der Waals surface area contributed by atoms with Crippen molar-refractivity contribution < 1.29 is 19.1 Å². The smallest absolute Gasteiger partial charge is 0.256 e. The molecule has 1 atom stereocenters. The molecule has 44 heavy (non-hydrogen) atoms. The summed E-state index contributed by atoms with van der Waals surface area (Å²) in [5.41, 5.74) is 2.42. The van der Waals surface area contributed by atoms with Crippen molar-refractivity contribution >= 4 is 57.8 Å². The molecule has 0 bridgehead atoms. The third-order valence-electron chi connectivity index (χ3n) is 7.91. The van der Waals surface area contributed by atoms with Crippen LogP contribution in [0, 0.1) is 0 Å². The zero-order valence-electron chi connectivity index (χ0n) is 25.1. The Labute approximate surface area is 269 Å². The number of nitrogens with zero attached hydrogens (tertiary/aromatic N) is 4. The van der Waals surface area contributed by atoms with Crippen LogP contribution in [-0.4, -0.2) is 85.8 Å². The second kappa shape index (κ2) is 14.7. The molecule has 1 N–H and O–H groups in total. The molecule has 2 amide bonds. The van der Waals surface area contributed by atoms with Gasteiger partial charge in [-0.3, -0.25) is 19.4 Å². The van der Waals surface area contributed by atoms with Gasteiger partial charge in [0.2, 0.25) is 5.91 Å². The van der Waals surface area contributed by atoms with E-state index in [2.05, 4.69) is 39.4 Å². The molecule has 232 valence electrons. The van der Waals surface area contributed by atoms with Gasteiger partial charge in [0.1, 0.15) is 17.5 Å². The van der Waals surface area contributed by atoms with Gasteiger partial charge in [-0.25, -0.2) is 0 Å². The summed E-state index contributed by atoms with van der Waals surface area (Å²) in [6, 6.07) is 22.0. The number of thiocarbonyl (C=S) groups is 1.